The third kappa shape index (κ3) is 2.39. The van der Waals surface area contributed by atoms with Crippen molar-refractivity contribution < 1.29 is 37.1 Å². The van der Waals surface area contributed by atoms with Gasteiger partial charge in [0.1, 0.15) is 0 Å². The van der Waals surface area contributed by atoms with Crippen LogP contribution in [0.25, 0.3) is 5.57 Å². The van der Waals surface area contributed by atoms with E-state index in [4.69, 9.17) is 4.42 Å². The Bertz CT molecular complexity index is 199. The summed E-state index contributed by atoms with van der Waals surface area (Å²) in [6, 6.07) is 1.87. The van der Waals surface area contributed by atoms with E-state index in [0.29, 0.717) is 0 Å². The maximum Gasteiger partial charge on any atom is 0 e. The molecule has 1 nitrogen and oxygen atoms in total. The van der Waals surface area contributed by atoms with Gasteiger partial charge in [-0.15, -0.1) is 13.8 Å². The van der Waals surface area contributed by atoms with Gasteiger partial charge in [-0.2, -0.15) is 0 Å². The average Bonchev–Trinajstić information content (AvgIpc) is 2.37. The molecule has 0 aliphatic heterocycles. The van der Waals surface area contributed by atoms with Crippen LogP contribution in [0.4, 0.5) is 0 Å². The second-order valence-electron chi connectivity index (χ2n) is 1.81. The molecule has 1 rings (SSSR count). The Morgan fingerprint density at radius 1 is 1.70 bits per heavy atom. The van der Waals surface area contributed by atoms with Crippen LogP contribution in [-0.2, 0) is 32.7 Å². The minimum Gasteiger partial charge on any atom is -0.587 e. The summed E-state index contributed by atoms with van der Waals surface area (Å²) in [5.41, 5.74) is 2.06. The molecule has 0 aromatic carbocycles. The van der Waals surface area contributed by atoms with Crippen LogP contribution < -0.4 is 0 Å². The minimum absolute atomic E-state index is 0. The molecule has 0 amide bonds. The molecule has 1 aromatic rings. The minimum atomic E-state index is 0. The molecule has 0 aliphatic rings. The average molecular weight is 209 g/mol. The quantitative estimate of drug-likeness (QED) is 0.647. The van der Waals surface area contributed by atoms with Crippen molar-refractivity contribution in [3.05, 3.63) is 30.2 Å². The third-order valence-electron chi connectivity index (χ3n) is 1.25. The molecule has 0 bridgehead atoms. The van der Waals surface area contributed by atoms with Crippen LogP contribution in [0.15, 0.2) is 16.7 Å². The molecule has 0 saturated carbocycles. The number of hydrogen-bond acceptors (Lipinski definition) is 1. The van der Waals surface area contributed by atoms with Gasteiger partial charge in [-0.3, -0.25) is 11.1 Å². The summed E-state index contributed by atoms with van der Waals surface area (Å²) in [5.74, 6) is 0. The van der Waals surface area contributed by atoms with E-state index in [2.05, 4.69) is 12.3 Å². The largest absolute Gasteiger partial charge is 0.587 e. The van der Waals surface area contributed by atoms with Crippen LogP contribution in [0.2, 0.25) is 0 Å². The Balaban J connectivity index is 0.000000810. The zero-order valence-electron chi connectivity index (χ0n) is 6.14. The van der Waals surface area contributed by atoms with Crippen LogP contribution >= 0.6 is 0 Å². The summed E-state index contributed by atoms with van der Waals surface area (Å²) >= 11 is 0. The number of furan rings is 1. The predicted octanol–water partition coefficient (Wildman–Crippen LogP) is 2.30. The molecule has 1 heterocycles. The summed E-state index contributed by atoms with van der Waals surface area (Å²) in [6.07, 6.45) is 7.31. The van der Waals surface area contributed by atoms with Gasteiger partial charge in [0.05, 0.1) is 0 Å². The van der Waals surface area contributed by atoms with Crippen LogP contribution in [0, 0.1) is 12.3 Å². The van der Waals surface area contributed by atoms with Gasteiger partial charge >= 0.3 is 0 Å². The molecule has 0 N–H and O–H groups in total. The van der Waals surface area contributed by atoms with E-state index in [1.165, 1.54) is 0 Å². The standard InChI is InChI=1S/C8H8O.Y/c1-3-7(2)8-4-5-9-6-8;/h4-5H,1-2H3;/q-2;. The monoisotopic (exact) mass is 209 g/mol. The summed E-state index contributed by atoms with van der Waals surface area (Å²) < 4.78 is 4.75. The van der Waals surface area contributed by atoms with Gasteiger partial charge in [0.15, 0.2) is 0 Å². The molecule has 2 heteroatoms. The van der Waals surface area contributed by atoms with Gasteiger partial charge in [0.2, 0.25) is 0 Å². The van der Waals surface area contributed by atoms with Crippen molar-refractivity contribution in [2.45, 2.75) is 13.8 Å². The zero-order valence-corrected chi connectivity index (χ0v) is 8.98. The SMILES string of the molecule is C[C-]=C(C)c1[c-]occ1.[Y]. The fourth-order valence-electron chi connectivity index (χ4n) is 0.570. The van der Waals surface area contributed by atoms with Gasteiger partial charge in [-0.1, -0.05) is 6.26 Å². The van der Waals surface area contributed by atoms with Crippen LogP contribution in [0.3, 0.4) is 0 Å². The van der Waals surface area contributed by atoms with E-state index in [9.17, 15) is 0 Å². The molecule has 0 unspecified atom stereocenters. The normalized spacial score (nSPS) is 10.8. The number of hydrogen-bond donors (Lipinski definition) is 0. The Labute approximate surface area is 86.4 Å². The molecular weight excluding hydrogens is 201 g/mol. The Kier molecular flexibility index (Phi) is 4.93. The maximum absolute atomic E-state index is 4.75. The summed E-state index contributed by atoms with van der Waals surface area (Å²) in [4.78, 5) is 0. The first-order chi connectivity index (χ1) is 4.34. The Morgan fingerprint density at radius 2 is 2.40 bits per heavy atom. The smallest absolute Gasteiger partial charge is 0 e. The van der Waals surface area contributed by atoms with E-state index in [1.807, 2.05) is 19.9 Å². The molecule has 1 aromatic heterocycles. The number of rotatable bonds is 1. The van der Waals surface area contributed by atoms with Crippen LogP contribution in [0.1, 0.15) is 19.4 Å². The fraction of sp³-hybridized carbons (Fsp3) is 0.250. The van der Waals surface area contributed by atoms with Crippen molar-refractivity contribution in [1.29, 1.82) is 0 Å². The summed E-state index contributed by atoms with van der Waals surface area (Å²) in [6.45, 7) is 3.84. The topological polar surface area (TPSA) is 13.1 Å². The van der Waals surface area contributed by atoms with Crippen molar-refractivity contribution >= 4 is 5.57 Å². The van der Waals surface area contributed by atoms with Crippen LogP contribution in [0.5, 0.6) is 0 Å². The van der Waals surface area contributed by atoms with E-state index in [-0.39, 0.29) is 32.7 Å². The predicted molar refractivity (Wildman–Crippen MR) is 35.5 cm³/mol. The third-order valence-corrected chi connectivity index (χ3v) is 1.25. The first kappa shape index (κ1) is 10.1. The summed E-state index contributed by atoms with van der Waals surface area (Å²) in [5, 5.41) is 0. The molecule has 1 radical (unpaired) electrons. The molecule has 0 saturated heterocycles. The van der Waals surface area contributed by atoms with E-state index in [1.54, 1.807) is 6.26 Å². The van der Waals surface area contributed by atoms with Gasteiger partial charge in [0.25, 0.3) is 0 Å². The van der Waals surface area contributed by atoms with Gasteiger partial charge in [-0.25, -0.2) is 6.07 Å². The van der Waals surface area contributed by atoms with Gasteiger partial charge < -0.3 is 10.5 Å². The molecule has 10 heavy (non-hydrogen) atoms. The molecule has 0 spiro atoms. The van der Waals surface area contributed by atoms with Gasteiger partial charge in [-0.05, 0) is 6.26 Å². The van der Waals surface area contributed by atoms with E-state index < -0.39 is 0 Å². The fourth-order valence-corrected chi connectivity index (χ4v) is 0.570. The first-order valence-corrected chi connectivity index (χ1v) is 2.81. The molecule has 51 valence electrons. The van der Waals surface area contributed by atoms with E-state index in [0.717, 1.165) is 11.1 Å². The second kappa shape index (κ2) is 4.87. The van der Waals surface area contributed by atoms with Crippen molar-refractivity contribution in [1.82, 2.24) is 0 Å². The zero-order chi connectivity index (χ0) is 6.69. The van der Waals surface area contributed by atoms with Gasteiger partial charge in [0, 0.05) is 32.7 Å². The Morgan fingerprint density at radius 3 is 2.80 bits per heavy atom. The summed E-state index contributed by atoms with van der Waals surface area (Å²) in [7, 11) is 0. The molecule has 0 atom stereocenters. The van der Waals surface area contributed by atoms with E-state index >= 15 is 0 Å². The molecule has 0 fully saturated rings. The van der Waals surface area contributed by atoms with Crippen molar-refractivity contribution in [3.63, 3.8) is 0 Å². The van der Waals surface area contributed by atoms with Crippen molar-refractivity contribution in [3.8, 4) is 0 Å². The van der Waals surface area contributed by atoms with Crippen molar-refractivity contribution in [2.24, 2.45) is 0 Å². The second-order valence-corrected chi connectivity index (χ2v) is 1.81. The first-order valence-electron chi connectivity index (χ1n) is 2.81. The molecule has 0 aliphatic carbocycles. The number of allylic oxidation sites excluding steroid dienone is 2. The molecular formula is C8H8OY-2. The maximum atomic E-state index is 4.75. The van der Waals surface area contributed by atoms with Crippen LogP contribution in [-0.4, -0.2) is 0 Å². The van der Waals surface area contributed by atoms with Crippen molar-refractivity contribution in [2.75, 3.05) is 0 Å². The Hall–Kier alpha value is 0.124.